The lowest BCUT2D eigenvalue weighted by atomic mass is 9.89. The average Bonchev–Trinajstić information content (AvgIpc) is 2.60. The number of hydrogen-bond acceptors (Lipinski definition) is 4. The molecule has 22 heavy (non-hydrogen) atoms. The van der Waals surface area contributed by atoms with Crippen molar-refractivity contribution in [1.29, 1.82) is 0 Å². The summed E-state index contributed by atoms with van der Waals surface area (Å²) in [6.07, 6.45) is 0.869. The van der Waals surface area contributed by atoms with Gasteiger partial charge in [0.2, 0.25) is 0 Å². The van der Waals surface area contributed by atoms with Crippen LogP contribution in [0.5, 0.6) is 11.5 Å². The van der Waals surface area contributed by atoms with Crippen LogP contribution in [0, 0.1) is 0 Å². The van der Waals surface area contributed by atoms with Crippen LogP contribution in [0.25, 0.3) is 0 Å². The van der Waals surface area contributed by atoms with Crippen LogP contribution >= 0.6 is 0 Å². The van der Waals surface area contributed by atoms with Crippen molar-refractivity contribution in [3.8, 4) is 11.5 Å². The Bertz CT molecular complexity index is 682. The van der Waals surface area contributed by atoms with Crippen LogP contribution in [0.15, 0.2) is 42.5 Å². The van der Waals surface area contributed by atoms with E-state index in [1.165, 1.54) is 0 Å². The number of Topliss-reactive ketones (excluding diaryl/α,β-unsaturated/α-hetero) is 1. The smallest absolute Gasteiger partial charge is 0.184 e. The molecular formula is C18H19NO3. The molecule has 0 radical (unpaired) electrons. The van der Waals surface area contributed by atoms with E-state index in [9.17, 15) is 4.79 Å². The highest BCUT2D eigenvalue weighted by atomic mass is 16.5. The monoisotopic (exact) mass is 297 g/mol. The molecule has 0 fully saturated rings. The van der Waals surface area contributed by atoms with Gasteiger partial charge in [0, 0.05) is 12.1 Å². The van der Waals surface area contributed by atoms with Crippen LogP contribution in [-0.4, -0.2) is 26.5 Å². The molecule has 4 heteroatoms. The van der Waals surface area contributed by atoms with Crippen LogP contribution in [0.3, 0.4) is 0 Å². The molecule has 0 spiro atoms. The molecular weight excluding hydrogens is 278 g/mol. The van der Waals surface area contributed by atoms with E-state index in [0.717, 1.165) is 24.1 Å². The van der Waals surface area contributed by atoms with Crippen molar-refractivity contribution in [3.63, 3.8) is 0 Å². The molecule has 0 bridgehead atoms. The van der Waals surface area contributed by atoms with Crippen molar-refractivity contribution in [2.24, 2.45) is 0 Å². The molecule has 3 rings (SSSR count). The Morgan fingerprint density at radius 3 is 2.45 bits per heavy atom. The standard InChI is InChI=1S/C18H19NO3/c1-21-15-10-13-8-9-19-17(14(13)11-16(15)22-2)18(20)12-6-4-3-5-7-12/h3-7,10-11,17,19H,8-9H2,1-2H3. The van der Waals surface area contributed by atoms with Crippen LogP contribution in [0.1, 0.15) is 27.5 Å². The lowest BCUT2D eigenvalue weighted by Crippen LogP contribution is -2.35. The number of carbonyl (C=O) groups excluding carboxylic acids is 1. The van der Waals surface area contributed by atoms with Gasteiger partial charge in [0.05, 0.1) is 20.3 Å². The fourth-order valence-corrected chi connectivity index (χ4v) is 2.89. The molecule has 0 aliphatic carbocycles. The van der Waals surface area contributed by atoms with Gasteiger partial charge in [-0.1, -0.05) is 30.3 Å². The first-order valence-corrected chi connectivity index (χ1v) is 7.32. The molecule has 2 aromatic rings. The van der Waals surface area contributed by atoms with Crippen molar-refractivity contribution in [1.82, 2.24) is 5.32 Å². The number of carbonyl (C=O) groups is 1. The van der Waals surface area contributed by atoms with E-state index in [1.807, 2.05) is 42.5 Å². The van der Waals surface area contributed by atoms with Gasteiger partial charge in [0.25, 0.3) is 0 Å². The molecule has 1 atom stereocenters. The molecule has 2 aromatic carbocycles. The lowest BCUT2D eigenvalue weighted by Gasteiger charge is -2.27. The number of nitrogens with one attached hydrogen (secondary N) is 1. The minimum Gasteiger partial charge on any atom is -0.493 e. The van der Waals surface area contributed by atoms with E-state index >= 15 is 0 Å². The molecule has 0 aromatic heterocycles. The summed E-state index contributed by atoms with van der Waals surface area (Å²) in [4.78, 5) is 12.8. The van der Waals surface area contributed by atoms with Gasteiger partial charge in [0.1, 0.15) is 0 Å². The number of rotatable bonds is 4. The summed E-state index contributed by atoms with van der Waals surface area (Å²) in [6, 6.07) is 12.9. The summed E-state index contributed by atoms with van der Waals surface area (Å²) in [5.74, 6) is 1.43. The maximum Gasteiger partial charge on any atom is 0.184 e. The van der Waals surface area contributed by atoms with Crippen molar-refractivity contribution in [2.75, 3.05) is 20.8 Å². The van der Waals surface area contributed by atoms with Gasteiger partial charge in [-0.05, 0) is 29.7 Å². The quantitative estimate of drug-likeness (QED) is 0.882. The van der Waals surface area contributed by atoms with Gasteiger partial charge in [-0.3, -0.25) is 4.79 Å². The zero-order chi connectivity index (χ0) is 15.5. The molecule has 1 N–H and O–H groups in total. The number of benzene rings is 2. The third-order valence-corrected chi connectivity index (χ3v) is 4.02. The minimum atomic E-state index is -0.342. The second kappa shape index (κ2) is 6.20. The van der Waals surface area contributed by atoms with Gasteiger partial charge in [-0.25, -0.2) is 0 Å². The normalized spacial score (nSPS) is 16.7. The molecule has 0 saturated carbocycles. The van der Waals surface area contributed by atoms with Gasteiger partial charge >= 0.3 is 0 Å². The Balaban J connectivity index is 2.02. The summed E-state index contributed by atoms with van der Waals surface area (Å²) in [5.41, 5.74) is 2.81. The summed E-state index contributed by atoms with van der Waals surface area (Å²) < 4.78 is 10.7. The first kappa shape index (κ1) is 14.6. The van der Waals surface area contributed by atoms with Crippen LogP contribution in [0.2, 0.25) is 0 Å². The summed E-state index contributed by atoms with van der Waals surface area (Å²) >= 11 is 0. The predicted octanol–water partition coefficient (Wildman–Crippen LogP) is 2.77. The zero-order valence-electron chi connectivity index (χ0n) is 12.8. The second-order valence-corrected chi connectivity index (χ2v) is 5.27. The summed E-state index contributed by atoms with van der Waals surface area (Å²) in [5, 5.41) is 3.32. The minimum absolute atomic E-state index is 0.0776. The third kappa shape index (κ3) is 2.57. The highest BCUT2D eigenvalue weighted by Crippen LogP contribution is 2.36. The van der Waals surface area contributed by atoms with E-state index in [0.29, 0.717) is 17.1 Å². The van der Waals surface area contributed by atoms with E-state index in [-0.39, 0.29) is 11.8 Å². The van der Waals surface area contributed by atoms with Crippen molar-refractivity contribution in [2.45, 2.75) is 12.5 Å². The fraction of sp³-hybridized carbons (Fsp3) is 0.278. The predicted molar refractivity (Wildman–Crippen MR) is 84.8 cm³/mol. The Hall–Kier alpha value is -2.33. The first-order chi connectivity index (χ1) is 10.7. The number of ketones is 1. The number of ether oxygens (including phenoxy) is 2. The van der Waals surface area contributed by atoms with Gasteiger partial charge < -0.3 is 14.8 Å². The van der Waals surface area contributed by atoms with Gasteiger partial charge in [0.15, 0.2) is 17.3 Å². The maximum absolute atomic E-state index is 12.8. The highest BCUT2D eigenvalue weighted by molar-refractivity contribution is 6.01. The van der Waals surface area contributed by atoms with Crippen LogP contribution in [0.4, 0.5) is 0 Å². The van der Waals surface area contributed by atoms with Crippen LogP contribution in [-0.2, 0) is 6.42 Å². The second-order valence-electron chi connectivity index (χ2n) is 5.27. The van der Waals surface area contributed by atoms with Crippen LogP contribution < -0.4 is 14.8 Å². The number of methoxy groups -OCH3 is 2. The van der Waals surface area contributed by atoms with Crippen molar-refractivity contribution < 1.29 is 14.3 Å². The Labute approximate surface area is 130 Å². The summed E-state index contributed by atoms with van der Waals surface area (Å²) in [7, 11) is 3.23. The molecule has 1 aliphatic heterocycles. The van der Waals surface area contributed by atoms with Gasteiger partial charge in [-0.2, -0.15) is 0 Å². The molecule has 1 unspecified atom stereocenters. The Morgan fingerprint density at radius 1 is 1.09 bits per heavy atom. The molecule has 1 heterocycles. The lowest BCUT2D eigenvalue weighted by molar-refractivity contribution is 0.0939. The van der Waals surface area contributed by atoms with E-state index in [1.54, 1.807) is 14.2 Å². The van der Waals surface area contributed by atoms with Gasteiger partial charge in [-0.15, -0.1) is 0 Å². The number of hydrogen-bond donors (Lipinski definition) is 1. The molecule has 1 aliphatic rings. The van der Waals surface area contributed by atoms with E-state index in [2.05, 4.69) is 5.32 Å². The molecule has 4 nitrogen and oxygen atoms in total. The number of fused-ring (bicyclic) bond motifs is 1. The Kier molecular flexibility index (Phi) is 4.11. The van der Waals surface area contributed by atoms with E-state index < -0.39 is 0 Å². The highest BCUT2D eigenvalue weighted by Gasteiger charge is 2.28. The van der Waals surface area contributed by atoms with Crippen molar-refractivity contribution >= 4 is 5.78 Å². The average molecular weight is 297 g/mol. The van der Waals surface area contributed by atoms with Crippen molar-refractivity contribution in [3.05, 3.63) is 59.2 Å². The Morgan fingerprint density at radius 2 is 1.77 bits per heavy atom. The largest absolute Gasteiger partial charge is 0.493 e. The topological polar surface area (TPSA) is 47.6 Å². The maximum atomic E-state index is 12.8. The molecule has 0 amide bonds. The fourth-order valence-electron chi connectivity index (χ4n) is 2.89. The third-order valence-electron chi connectivity index (χ3n) is 4.02. The molecule has 114 valence electrons. The molecule has 0 saturated heterocycles. The van der Waals surface area contributed by atoms with E-state index in [4.69, 9.17) is 9.47 Å². The SMILES string of the molecule is COc1cc2c(cc1OC)C(C(=O)c1ccccc1)NCC2. The first-order valence-electron chi connectivity index (χ1n) is 7.32. The zero-order valence-corrected chi connectivity index (χ0v) is 12.8. The summed E-state index contributed by atoms with van der Waals surface area (Å²) in [6.45, 7) is 0.770.